The Morgan fingerprint density at radius 1 is 0.650 bits per heavy atom. The molecule has 2 saturated heterocycles. The van der Waals surface area contributed by atoms with Gasteiger partial charge in [0, 0.05) is 12.8 Å². The molecular formula is C14H28BNO4. The summed E-state index contributed by atoms with van der Waals surface area (Å²) in [5.74, 6) is 0. The first-order chi connectivity index (χ1) is 8.79. The molecule has 0 saturated carbocycles. The van der Waals surface area contributed by atoms with E-state index in [0.29, 0.717) is 0 Å². The molecule has 0 radical (unpaired) electrons. The molecule has 0 amide bonds. The third-order valence-corrected chi connectivity index (χ3v) is 3.39. The normalized spacial score (nSPS) is 32.1. The fraction of sp³-hybridized carbons (Fsp3) is 1.00. The molecule has 2 aliphatic heterocycles. The van der Waals surface area contributed by atoms with E-state index in [4.69, 9.17) is 19.0 Å². The summed E-state index contributed by atoms with van der Waals surface area (Å²) in [6.07, 6.45) is 1.62. The van der Waals surface area contributed by atoms with E-state index >= 15 is 0 Å². The van der Waals surface area contributed by atoms with Crippen LogP contribution in [0.5, 0.6) is 0 Å². The molecule has 0 aromatic heterocycles. The number of nitrogens with zero attached hydrogens (tertiary/aromatic N) is 1. The Bertz CT molecular complexity index is 313. The Balaban J connectivity index is 2.18. The highest BCUT2D eigenvalue weighted by Crippen LogP contribution is 2.39. The van der Waals surface area contributed by atoms with Gasteiger partial charge in [0.25, 0.3) is 0 Å². The van der Waals surface area contributed by atoms with Crippen molar-refractivity contribution in [1.82, 2.24) is 5.14 Å². The molecule has 20 heavy (non-hydrogen) atoms. The summed E-state index contributed by atoms with van der Waals surface area (Å²) in [5.41, 5.74) is -1.21. The molecule has 6 heteroatoms. The first-order valence-electron chi connectivity index (χ1n) is 7.33. The van der Waals surface area contributed by atoms with E-state index in [-0.39, 0.29) is 22.4 Å². The lowest BCUT2D eigenvalue weighted by Crippen LogP contribution is -2.63. The van der Waals surface area contributed by atoms with Crippen LogP contribution >= 0.6 is 0 Å². The molecule has 5 nitrogen and oxygen atoms in total. The van der Waals surface area contributed by atoms with Gasteiger partial charge in [-0.3, -0.25) is 9.68 Å². The van der Waals surface area contributed by atoms with Gasteiger partial charge in [0.05, 0.1) is 22.4 Å². The smallest absolute Gasteiger partial charge is 0.389 e. The molecule has 0 unspecified atom stereocenters. The lowest BCUT2D eigenvalue weighted by Gasteiger charge is -2.50. The first-order valence-corrected chi connectivity index (χ1v) is 7.33. The van der Waals surface area contributed by atoms with Crippen LogP contribution in [0.4, 0.5) is 0 Å². The van der Waals surface area contributed by atoms with Gasteiger partial charge in [0.2, 0.25) is 0 Å². The summed E-state index contributed by atoms with van der Waals surface area (Å²) in [7, 11) is -0.660. The van der Waals surface area contributed by atoms with Gasteiger partial charge in [0.15, 0.2) is 0 Å². The summed E-state index contributed by atoms with van der Waals surface area (Å²) in [6, 6.07) is 0. The molecule has 2 heterocycles. The second-order valence-corrected chi connectivity index (χ2v) is 8.40. The second-order valence-electron chi connectivity index (χ2n) is 8.40. The first kappa shape index (κ1) is 16.2. The van der Waals surface area contributed by atoms with Crippen LogP contribution in [0.1, 0.15) is 68.2 Å². The van der Waals surface area contributed by atoms with Gasteiger partial charge < -0.3 is 9.31 Å². The summed E-state index contributed by atoms with van der Waals surface area (Å²) in [5, 5.41) is 1.40. The van der Waals surface area contributed by atoms with Gasteiger partial charge in [-0.15, -0.1) is 0 Å². The Labute approximate surface area is 123 Å². The van der Waals surface area contributed by atoms with Gasteiger partial charge in [-0.1, -0.05) is 0 Å². The maximum absolute atomic E-state index is 5.99. The van der Waals surface area contributed by atoms with E-state index in [1.807, 2.05) is 27.7 Å². The van der Waals surface area contributed by atoms with Crippen LogP contribution < -0.4 is 0 Å². The maximum atomic E-state index is 5.99. The molecule has 2 rings (SSSR count). The zero-order valence-electron chi connectivity index (χ0n) is 14.1. The van der Waals surface area contributed by atoms with E-state index < -0.39 is 7.25 Å². The summed E-state index contributed by atoms with van der Waals surface area (Å²) in [4.78, 5) is 11.8. The Morgan fingerprint density at radius 3 is 1.40 bits per heavy atom. The fourth-order valence-electron chi connectivity index (χ4n) is 3.45. The van der Waals surface area contributed by atoms with Crippen molar-refractivity contribution >= 4 is 7.25 Å². The van der Waals surface area contributed by atoms with Crippen molar-refractivity contribution in [2.24, 2.45) is 0 Å². The Kier molecular flexibility index (Phi) is 3.80. The quantitative estimate of drug-likeness (QED) is 0.692. The molecule has 0 N–H and O–H groups in total. The molecule has 116 valence electrons. The highest BCUT2D eigenvalue weighted by Gasteiger charge is 2.53. The van der Waals surface area contributed by atoms with Gasteiger partial charge in [0.1, 0.15) is 0 Å². The average Bonchev–Trinajstić information content (AvgIpc) is 2.06. The van der Waals surface area contributed by atoms with Crippen molar-refractivity contribution < 1.29 is 19.0 Å². The van der Waals surface area contributed by atoms with E-state index in [1.165, 1.54) is 5.14 Å². The standard InChI is InChI=1S/C14H28BNO4/c1-11(2)9-12(3,4)18-15(17-11)16-19-13(5,6)10-14(7,8)20-16/h9-10H2,1-8H3. The average molecular weight is 285 g/mol. The van der Waals surface area contributed by atoms with Gasteiger partial charge in [-0.2, -0.15) is 0 Å². The minimum Gasteiger partial charge on any atom is -0.389 e. The number of hydrogen-bond donors (Lipinski definition) is 0. The van der Waals surface area contributed by atoms with Crippen molar-refractivity contribution in [3.63, 3.8) is 0 Å². The van der Waals surface area contributed by atoms with Crippen LogP contribution in [0.3, 0.4) is 0 Å². The van der Waals surface area contributed by atoms with Crippen molar-refractivity contribution in [3.05, 3.63) is 0 Å². The Hall–Kier alpha value is -0.135. The van der Waals surface area contributed by atoms with Crippen LogP contribution in [0.2, 0.25) is 0 Å². The van der Waals surface area contributed by atoms with Crippen LogP contribution in [-0.4, -0.2) is 34.8 Å². The minimum atomic E-state index is -0.660. The SMILES string of the molecule is CC1(C)CC(C)(C)OB(N2OC(C)(C)CC(C)(C)O2)O1. The predicted octanol–water partition coefficient (Wildman–Crippen LogP) is 3.09. The molecule has 0 aromatic carbocycles. The topological polar surface area (TPSA) is 40.2 Å². The number of hydrogen-bond acceptors (Lipinski definition) is 5. The van der Waals surface area contributed by atoms with Crippen molar-refractivity contribution in [1.29, 1.82) is 0 Å². The minimum absolute atomic E-state index is 0.287. The molecule has 0 bridgehead atoms. The monoisotopic (exact) mass is 285 g/mol. The highest BCUT2D eigenvalue weighted by atomic mass is 17.0. The van der Waals surface area contributed by atoms with Crippen LogP contribution in [0.15, 0.2) is 0 Å². The van der Waals surface area contributed by atoms with E-state index in [0.717, 1.165) is 12.8 Å². The maximum Gasteiger partial charge on any atom is 0.609 e. The van der Waals surface area contributed by atoms with E-state index in [9.17, 15) is 0 Å². The fourth-order valence-corrected chi connectivity index (χ4v) is 3.45. The van der Waals surface area contributed by atoms with Crippen LogP contribution in [-0.2, 0) is 19.0 Å². The second kappa shape index (κ2) is 4.68. The molecule has 0 aliphatic carbocycles. The Morgan fingerprint density at radius 2 is 1.00 bits per heavy atom. The zero-order chi connectivity index (χ0) is 15.4. The summed E-state index contributed by atoms with van der Waals surface area (Å²) in [6.45, 7) is 16.4. The van der Waals surface area contributed by atoms with Crippen molar-refractivity contribution in [3.8, 4) is 0 Å². The summed E-state index contributed by atoms with van der Waals surface area (Å²) < 4.78 is 12.0. The molecular weight excluding hydrogens is 257 g/mol. The van der Waals surface area contributed by atoms with E-state index in [2.05, 4.69) is 27.7 Å². The molecule has 0 atom stereocenters. The lowest BCUT2D eigenvalue weighted by molar-refractivity contribution is -0.443. The third-order valence-electron chi connectivity index (χ3n) is 3.39. The van der Waals surface area contributed by atoms with Gasteiger partial charge >= 0.3 is 7.25 Å². The highest BCUT2D eigenvalue weighted by molar-refractivity contribution is 6.40. The summed E-state index contributed by atoms with van der Waals surface area (Å²) >= 11 is 0. The number of rotatable bonds is 1. The molecule has 2 fully saturated rings. The van der Waals surface area contributed by atoms with Crippen LogP contribution in [0.25, 0.3) is 0 Å². The largest absolute Gasteiger partial charge is 0.609 e. The van der Waals surface area contributed by atoms with Gasteiger partial charge in [-0.05, 0) is 60.5 Å². The zero-order valence-corrected chi connectivity index (χ0v) is 14.1. The van der Waals surface area contributed by atoms with Crippen molar-refractivity contribution in [2.45, 2.75) is 90.6 Å². The molecule has 0 aromatic rings. The van der Waals surface area contributed by atoms with E-state index in [1.54, 1.807) is 0 Å². The van der Waals surface area contributed by atoms with Crippen molar-refractivity contribution in [2.75, 3.05) is 0 Å². The predicted molar refractivity (Wildman–Crippen MR) is 77.5 cm³/mol. The van der Waals surface area contributed by atoms with Crippen LogP contribution in [0, 0.1) is 0 Å². The molecule has 0 spiro atoms. The lowest BCUT2D eigenvalue weighted by atomic mass is 9.85. The third kappa shape index (κ3) is 3.95. The molecule has 2 aliphatic rings. The van der Waals surface area contributed by atoms with Gasteiger partial charge in [-0.25, -0.2) is 0 Å².